The fourth-order valence-corrected chi connectivity index (χ4v) is 4.88. The summed E-state index contributed by atoms with van der Waals surface area (Å²) < 4.78 is 27.6. The quantitative estimate of drug-likeness (QED) is 0.853. The molecule has 2 aliphatic heterocycles. The first-order valence-electron chi connectivity index (χ1n) is 8.64. The van der Waals surface area contributed by atoms with Crippen LogP contribution in [0.25, 0.3) is 0 Å². The van der Waals surface area contributed by atoms with Gasteiger partial charge in [-0.1, -0.05) is 18.2 Å². The number of hydrogen-bond donors (Lipinski definition) is 2. The van der Waals surface area contributed by atoms with Gasteiger partial charge in [-0.3, -0.25) is 0 Å². The number of nitrogens with zero attached hydrogens (tertiary/aromatic N) is 1. The zero-order valence-electron chi connectivity index (χ0n) is 13.6. The van der Waals surface area contributed by atoms with Gasteiger partial charge in [0, 0.05) is 12.6 Å². The highest BCUT2D eigenvalue weighted by atomic mass is 32.2. The Morgan fingerprint density at radius 1 is 1.04 bits per heavy atom. The minimum absolute atomic E-state index is 0.0597. The van der Waals surface area contributed by atoms with E-state index in [9.17, 15) is 8.42 Å². The number of sulfonamides is 1. The van der Waals surface area contributed by atoms with E-state index in [1.54, 1.807) is 24.3 Å². The molecule has 2 aliphatic rings. The molecule has 23 heavy (non-hydrogen) atoms. The van der Waals surface area contributed by atoms with E-state index in [2.05, 4.69) is 14.9 Å². The van der Waals surface area contributed by atoms with Gasteiger partial charge in [0.1, 0.15) is 0 Å². The Bertz CT molecular complexity index is 577. The number of likely N-dealkylation sites (tertiary alicyclic amines) is 1. The van der Waals surface area contributed by atoms with Crippen molar-refractivity contribution in [3.05, 3.63) is 30.3 Å². The van der Waals surface area contributed by atoms with E-state index in [0.29, 0.717) is 4.90 Å². The first-order chi connectivity index (χ1) is 11.1. The van der Waals surface area contributed by atoms with Crippen LogP contribution < -0.4 is 10.0 Å². The van der Waals surface area contributed by atoms with Gasteiger partial charge < -0.3 is 10.2 Å². The highest BCUT2D eigenvalue weighted by molar-refractivity contribution is 7.89. The molecular formula is C17H27N3O2S. The monoisotopic (exact) mass is 337 g/mol. The van der Waals surface area contributed by atoms with E-state index < -0.39 is 10.0 Å². The molecule has 0 spiro atoms. The van der Waals surface area contributed by atoms with Gasteiger partial charge in [0.2, 0.25) is 10.0 Å². The molecule has 3 rings (SSSR count). The van der Waals surface area contributed by atoms with Crippen LogP contribution >= 0.6 is 0 Å². The van der Waals surface area contributed by atoms with E-state index in [1.165, 1.54) is 19.4 Å². The summed E-state index contributed by atoms with van der Waals surface area (Å²) in [6.45, 7) is 5.42. The topological polar surface area (TPSA) is 61.4 Å². The molecule has 2 saturated heterocycles. The molecule has 2 N–H and O–H groups in total. The lowest BCUT2D eigenvalue weighted by Gasteiger charge is -2.35. The van der Waals surface area contributed by atoms with E-state index in [1.807, 2.05) is 6.07 Å². The molecule has 1 aromatic carbocycles. The lowest BCUT2D eigenvalue weighted by molar-refractivity contribution is 0.164. The largest absolute Gasteiger partial charge is 0.317 e. The van der Waals surface area contributed by atoms with Gasteiger partial charge in [0.05, 0.1) is 4.90 Å². The molecule has 0 unspecified atom stereocenters. The molecule has 0 aliphatic carbocycles. The third-order valence-corrected chi connectivity index (χ3v) is 6.47. The molecule has 0 bridgehead atoms. The maximum absolute atomic E-state index is 12.4. The molecule has 6 heteroatoms. The van der Waals surface area contributed by atoms with E-state index in [-0.39, 0.29) is 6.04 Å². The normalized spacial score (nSPS) is 22.3. The van der Waals surface area contributed by atoms with Crippen molar-refractivity contribution >= 4 is 10.0 Å². The Hall–Kier alpha value is -0.950. The summed E-state index contributed by atoms with van der Waals surface area (Å²) in [6, 6.07) is 8.71. The van der Waals surface area contributed by atoms with Crippen LogP contribution in [0.15, 0.2) is 35.2 Å². The third-order valence-electron chi connectivity index (χ3n) is 4.94. The standard InChI is InChI=1S/C17H27N3O2S/c21-23(22,17-4-2-1-3-5-17)19-16-8-12-20(13-9-16)14-15-6-10-18-11-7-15/h1-5,15-16,18-19H,6-14H2. The van der Waals surface area contributed by atoms with Gasteiger partial charge in [-0.15, -0.1) is 0 Å². The molecule has 0 saturated carbocycles. The maximum atomic E-state index is 12.4. The molecule has 0 aromatic heterocycles. The second-order valence-electron chi connectivity index (χ2n) is 6.70. The SMILES string of the molecule is O=S(=O)(NC1CCN(CC2CCNCC2)CC1)c1ccccc1. The minimum atomic E-state index is -3.38. The van der Waals surface area contributed by atoms with Gasteiger partial charge in [-0.25, -0.2) is 13.1 Å². The molecule has 2 heterocycles. The van der Waals surface area contributed by atoms with Crippen LogP contribution in [-0.2, 0) is 10.0 Å². The van der Waals surface area contributed by atoms with Crippen molar-refractivity contribution in [3.63, 3.8) is 0 Å². The predicted molar refractivity (Wildman–Crippen MR) is 91.8 cm³/mol. The Kier molecular flexibility index (Phi) is 5.69. The van der Waals surface area contributed by atoms with Crippen molar-refractivity contribution in [2.45, 2.75) is 36.6 Å². The van der Waals surface area contributed by atoms with Crippen LogP contribution in [0, 0.1) is 5.92 Å². The number of hydrogen-bond acceptors (Lipinski definition) is 4. The van der Waals surface area contributed by atoms with Crippen LogP contribution in [0.3, 0.4) is 0 Å². The smallest absolute Gasteiger partial charge is 0.240 e. The summed E-state index contributed by atoms with van der Waals surface area (Å²) >= 11 is 0. The van der Waals surface area contributed by atoms with Gasteiger partial charge in [0.15, 0.2) is 0 Å². The molecular weight excluding hydrogens is 310 g/mol. The zero-order valence-corrected chi connectivity index (χ0v) is 14.4. The van der Waals surface area contributed by atoms with Gasteiger partial charge in [-0.2, -0.15) is 0 Å². The van der Waals surface area contributed by atoms with Crippen molar-refractivity contribution in [1.29, 1.82) is 0 Å². The van der Waals surface area contributed by atoms with Crippen LogP contribution in [0.5, 0.6) is 0 Å². The van der Waals surface area contributed by atoms with Crippen molar-refractivity contribution in [2.75, 3.05) is 32.7 Å². The number of nitrogens with one attached hydrogen (secondary N) is 2. The molecule has 0 atom stereocenters. The Labute approximate surface area is 139 Å². The fourth-order valence-electron chi connectivity index (χ4n) is 3.55. The maximum Gasteiger partial charge on any atom is 0.240 e. The van der Waals surface area contributed by atoms with Crippen molar-refractivity contribution in [2.24, 2.45) is 5.92 Å². The summed E-state index contributed by atoms with van der Waals surface area (Å²) in [4.78, 5) is 2.86. The summed E-state index contributed by atoms with van der Waals surface area (Å²) in [5.74, 6) is 0.800. The molecule has 128 valence electrons. The summed E-state index contributed by atoms with van der Waals surface area (Å²) in [5, 5.41) is 3.41. The van der Waals surface area contributed by atoms with Crippen LogP contribution in [0.2, 0.25) is 0 Å². The van der Waals surface area contributed by atoms with Crippen molar-refractivity contribution in [3.8, 4) is 0 Å². The van der Waals surface area contributed by atoms with E-state index in [4.69, 9.17) is 0 Å². The average Bonchev–Trinajstić information content (AvgIpc) is 2.58. The number of rotatable bonds is 5. The second-order valence-corrected chi connectivity index (χ2v) is 8.42. The third kappa shape index (κ3) is 4.76. The van der Waals surface area contributed by atoms with Gasteiger partial charge in [-0.05, 0) is 69.9 Å². The van der Waals surface area contributed by atoms with E-state index >= 15 is 0 Å². The van der Waals surface area contributed by atoms with Crippen LogP contribution in [-0.4, -0.2) is 52.1 Å². The molecule has 5 nitrogen and oxygen atoms in total. The lowest BCUT2D eigenvalue weighted by Crippen LogP contribution is -2.46. The highest BCUT2D eigenvalue weighted by Crippen LogP contribution is 2.19. The number of piperidine rings is 2. The molecule has 2 fully saturated rings. The highest BCUT2D eigenvalue weighted by Gasteiger charge is 2.26. The number of benzene rings is 1. The lowest BCUT2D eigenvalue weighted by atomic mass is 9.96. The van der Waals surface area contributed by atoms with Crippen LogP contribution in [0.4, 0.5) is 0 Å². The fraction of sp³-hybridized carbons (Fsp3) is 0.647. The Balaban J connectivity index is 1.47. The minimum Gasteiger partial charge on any atom is -0.317 e. The molecule has 0 amide bonds. The second kappa shape index (κ2) is 7.75. The summed E-state index contributed by atoms with van der Waals surface area (Å²) in [6.07, 6.45) is 4.33. The zero-order chi connectivity index (χ0) is 16.1. The average molecular weight is 337 g/mol. The first-order valence-corrected chi connectivity index (χ1v) is 10.1. The molecule has 1 aromatic rings. The molecule has 0 radical (unpaired) electrons. The van der Waals surface area contributed by atoms with Crippen molar-refractivity contribution in [1.82, 2.24) is 14.9 Å². The Morgan fingerprint density at radius 2 is 1.70 bits per heavy atom. The van der Waals surface area contributed by atoms with E-state index in [0.717, 1.165) is 44.9 Å². The predicted octanol–water partition coefficient (Wildman–Crippen LogP) is 1.43. The van der Waals surface area contributed by atoms with Gasteiger partial charge >= 0.3 is 0 Å². The van der Waals surface area contributed by atoms with Gasteiger partial charge in [0.25, 0.3) is 0 Å². The summed E-state index contributed by atoms with van der Waals surface area (Å²) in [7, 11) is -3.38. The van der Waals surface area contributed by atoms with Crippen molar-refractivity contribution < 1.29 is 8.42 Å². The Morgan fingerprint density at radius 3 is 2.35 bits per heavy atom. The summed E-state index contributed by atoms with van der Waals surface area (Å²) in [5.41, 5.74) is 0. The van der Waals surface area contributed by atoms with Crippen LogP contribution in [0.1, 0.15) is 25.7 Å². The first kappa shape index (κ1) is 16.9.